The molecule has 1 aliphatic carbocycles. The minimum absolute atomic E-state index is 0.282. The van der Waals surface area contributed by atoms with E-state index < -0.39 is 5.60 Å². The van der Waals surface area contributed by atoms with Gasteiger partial charge >= 0.3 is 0 Å². The van der Waals surface area contributed by atoms with Crippen molar-refractivity contribution in [2.24, 2.45) is 5.92 Å². The van der Waals surface area contributed by atoms with Crippen molar-refractivity contribution in [2.75, 3.05) is 12.4 Å². The number of nitrogens with zero attached hydrogens (tertiary/aromatic N) is 5. The number of aromatic nitrogens is 5. The first-order valence-electron chi connectivity index (χ1n) is 11.1. The molecule has 8 heteroatoms. The van der Waals surface area contributed by atoms with Crippen LogP contribution in [0.5, 0.6) is 5.88 Å². The number of methoxy groups -OCH3 is 1. The van der Waals surface area contributed by atoms with E-state index in [1.54, 1.807) is 19.5 Å². The molecule has 0 saturated heterocycles. The van der Waals surface area contributed by atoms with Gasteiger partial charge in [-0.25, -0.2) is 4.52 Å². The second-order valence-electron chi connectivity index (χ2n) is 9.07. The van der Waals surface area contributed by atoms with E-state index in [0.717, 1.165) is 53.4 Å². The van der Waals surface area contributed by atoms with Crippen LogP contribution in [0, 0.1) is 5.92 Å². The molecule has 0 spiro atoms. The summed E-state index contributed by atoms with van der Waals surface area (Å²) in [7, 11) is 1.63. The van der Waals surface area contributed by atoms with Gasteiger partial charge in [0, 0.05) is 30.2 Å². The summed E-state index contributed by atoms with van der Waals surface area (Å²) in [4.78, 5) is 13.4. The number of hydrogen-bond acceptors (Lipinski definition) is 7. The molecule has 0 unspecified atom stereocenters. The molecule has 1 fully saturated rings. The van der Waals surface area contributed by atoms with Gasteiger partial charge in [0.15, 0.2) is 0 Å². The lowest BCUT2D eigenvalue weighted by molar-refractivity contribution is -0.000418. The highest BCUT2D eigenvalue weighted by atomic mass is 16.5. The zero-order chi connectivity index (χ0) is 22.3. The molecule has 32 heavy (non-hydrogen) atoms. The molecule has 166 valence electrons. The molecule has 0 radical (unpaired) electrons. The standard InChI is InChI=1S/C24H28N6O2/c1-24(2,31)16-5-7-17(8-6-16)27-23-28-22(32-3)21-18(10-13-30(21)29-23)15-4-9-19-20(14-15)26-12-11-25-19/h4,9-14,16-17,31H,5-8H2,1-3H3,(H,27,29). The fraction of sp³-hybridized carbons (Fsp3) is 0.417. The summed E-state index contributed by atoms with van der Waals surface area (Å²) >= 11 is 0. The van der Waals surface area contributed by atoms with Gasteiger partial charge in [-0.1, -0.05) is 6.07 Å². The van der Waals surface area contributed by atoms with Crippen molar-refractivity contribution in [3.05, 3.63) is 42.9 Å². The van der Waals surface area contributed by atoms with Crippen molar-refractivity contribution in [2.45, 2.75) is 51.2 Å². The first-order chi connectivity index (χ1) is 15.4. The highest BCUT2D eigenvalue weighted by Gasteiger charge is 2.31. The summed E-state index contributed by atoms with van der Waals surface area (Å²) in [5, 5.41) is 18.4. The van der Waals surface area contributed by atoms with Crippen molar-refractivity contribution in [3.8, 4) is 17.0 Å². The summed E-state index contributed by atoms with van der Waals surface area (Å²) in [6.45, 7) is 3.80. The first-order valence-corrected chi connectivity index (χ1v) is 11.1. The van der Waals surface area contributed by atoms with Crippen molar-refractivity contribution in [1.82, 2.24) is 24.6 Å². The number of nitrogens with one attached hydrogen (secondary N) is 1. The zero-order valence-electron chi connectivity index (χ0n) is 18.6. The van der Waals surface area contributed by atoms with E-state index in [2.05, 4.69) is 20.3 Å². The van der Waals surface area contributed by atoms with Crippen LogP contribution in [0.2, 0.25) is 0 Å². The second kappa shape index (κ2) is 8.02. The van der Waals surface area contributed by atoms with Gasteiger partial charge < -0.3 is 15.2 Å². The van der Waals surface area contributed by atoms with Gasteiger partial charge in [-0.15, -0.1) is 5.10 Å². The normalized spacial score (nSPS) is 19.4. The Labute approximate surface area is 186 Å². The van der Waals surface area contributed by atoms with Crippen LogP contribution >= 0.6 is 0 Å². The number of aliphatic hydroxyl groups is 1. The maximum atomic E-state index is 10.3. The summed E-state index contributed by atoms with van der Waals surface area (Å²) in [6, 6.07) is 8.31. The summed E-state index contributed by atoms with van der Waals surface area (Å²) < 4.78 is 7.47. The molecule has 8 nitrogen and oxygen atoms in total. The SMILES string of the molecule is COc1nc(NC2CCC(C(C)(C)O)CC2)nn2ccc(-c3ccc4nccnc4c3)c12. The van der Waals surface area contributed by atoms with E-state index >= 15 is 0 Å². The Kier molecular flexibility index (Phi) is 5.17. The molecule has 3 heterocycles. The molecule has 4 aromatic rings. The first kappa shape index (κ1) is 20.6. The molecule has 0 atom stereocenters. The highest BCUT2D eigenvalue weighted by molar-refractivity contribution is 5.89. The number of rotatable bonds is 5. The van der Waals surface area contributed by atoms with Gasteiger partial charge in [0.25, 0.3) is 0 Å². The fourth-order valence-electron chi connectivity index (χ4n) is 4.69. The Morgan fingerprint density at radius 2 is 1.81 bits per heavy atom. The van der Waals surface area contributed by atoms with Gasteiger partial charge in [-0.05, 0) is 69.2 Å². The van der Waals surface area contributed by atoms with Crippen LogP contribution < -0.4 is 10.1 Å². The summed E-state index contributed by atoms with van der Waals surface area (Å²) in [5.74, 6) is 1.40. The lowest BCUT2D eigenvalue weighted by Crippen LogP contribution is -2.37. The average Bonchev–Trinajstić information content (AvgIpc) is 3.22. The number of ether oxygens (including phenoxy) is 1. The van der Waals surface area contributed by atoms with Crippen LogP contribution in [0.25, 0.3) is 27.7 Å². The average molecular weight is 433 g/mol. The van der Waals surface area contributed by atoms with Crippen molar-refractivity contribution < 1.29 is 9.84 Å². The van der Waals surface area contributed by atoms with Gasteiger partial charge in [-0.2, -0.15) is 4.98 Å². The number of hydrogen-bond donors (Lipinski definition) is 2. The summed E-state index contributed by atoms with van der Waals surface area (Å²) in [6.07, 6.45) is 9.24. The second-order valence-corrected chi connectivity index (χ2v) is 9.07. The van der Waals surface area contributed by atoms with E-state index in [1.165, 1.54) is 0 Å². The van der Waals surface area contributed by atoms with Gasteiger partial charge in [-0.3, -0.25) is 9.97 Å². The van der Waals surface area contributed by atoms with E-state index in [9.17, 15) is 5.11 Å². The monoisotopic (exact) mass is 432 g/mol. The van der Waals surface area contributed by atoms with E-state index in [-0.39, 0.29) is 6.04 Å². The van der Waals surface area contributed by atoms with Crippen molar-refractivity contribution >= 4 is 22.5 Å². The molecule has 2 N–H and O–H groups in total. The third-order valence-electron chi connectivity index (χ3n) is 6.51. The predicted octanol–water partition coefficient (Wildman–Crippen LogP) is 4.09. The number of fused-ring (bicyclic) bond motifs is 2. The largest absolute Gasteiger partial charge is 0.479 e. The van der Waals surface area contributed by atoms with E-state index in [4.69, 9.17) is 9.84 Å². The molecule has 0 aliphatic heterocycles. The van der Waals surface area contributed by atoms with Crippen LogP contribution in [0.3, 0.4) is 0 Å². The molecule has 0 amide bonds. The molecule has 0 bridgehead atoms. The predicted molar refractivity (Wildman–Crippen MR) is 124 cm³/mol. The fourth-order valence-corrected chi connectivity index (χ4v) is 4.69. The lowest BCUT2D eigenvalue weighted by atomic mass is 9.77. The minimum atomic E-state index is -0.626. The Hall–Kier alpha value is -3.26. The Bertz CT molecular complexity index is 1250. The lowest BCUT2D eigenvalue weighted by Gasteiger charge is -2.36. The van der Waals surface area contributed by atoms with Crippen molar-refractivity contribution in [1.29, 1.82) is 0 Å². The maximum absolute atomic E-state index is 10.3. The van der Waals surface area contributed by atoms with E-state index in [1.807, 2.05) is 48.8 Å². The Morgan fingerprint density at radius 3 is 2.53 bits per heavy atom. The molecule has 5 rings (SSSR count). The maximum Gasteiger partial charge on any atom is 0.244 e. The van der Waals surface area contributed by atoms with E-state index in [0.29, 0.717) is 17.7 Å². The third kappa shape index (κ3) is 3.86. The smallest absolute Gasteiger partial charge is 0.244 e. The van der Waals surface area contributed by atoms with Gasteiger partial charge in [0.2, 0.25) is 11.8 Å². The molecule has 1 saturated carbocycles. The Balaban J connectivity index is 1.43. The van der Waals surface area contributed by atoms with Crippen molar-refractivity contribution in [3.63, 3.8) is 0 Å². The molecule has 1 aliphatic rings. The van der Waals surface area contributed by atoms with Crippen LogP contribution in [-0.4, -0.2) is 48.4 Å². The third-order valence-corrected chi connectivity index (χ3v) is 6.51. The van der Waals surface area contributed by atoms with Crippen LogP contribution in [-0.2, 0) is 0 Å². The molecule has 1 aromatic carbocycles. The highest BCUT2D eigenvalue weighted by Crippen LogP contribution is 2.35. The van der Waals surface area contributed by atoms with Gasteiger partial charge in [0.1, 0.15) is 5.52 Å². The molecular formula is C24H28N6O2. The molecular weight excluding hydrogens is 404 g/mol. The summed E-state index contributed by atoms with van der Waals surface area (Å²) in [5.41, 5.74) is 3.86. The number of benzene rings is 1. The van der Waals surface area contributed by atoms with Crippen LogP contribution in [0.15, 0.2) is 42.9 Å². The molecule has 3 aromatic heterocycles. The van der Waals surface area contributed by atoms with Crippen LogP contribution in [0.1, 0.15) is 39.5 Å². The minimum Gasteiger partial charge on any atom is -0.479 e. The zero-order valence-corrected chi connectivity index (χ0v) is 18.6. The van der Waals surface area contributed by atoms with Crippen LogP contribution in [0.4, 0.5) is 5.95 Å². The quantitative estimate of drug-likeness (QED) is 0.490. The Morgan fingerprint density at radius 1 is 1.06 bits per heavy atom. The van der Waals surface area contributed by atoms with Gasteiger partial charge in [0.05, 0.1) is 23.7 Å². The number of anilines is 1. The topological polar surface area (TPSA) is 97.5 Å².